The Balaban J connectivity index is 1.66. The molecule has 0 saturated carbocycles. The predicted octanol–water partition coefficient (Wildman–Crippen LogP) is 3.25. The van der Waals surface area contributed by atoms with Gasteiger partial charge in [0.05, 0.1) is 11.4 Å². The molecule has 5 aromatic rings. The second kappa shape index (κ2) is 6.83. The maximum atomic E-state index is 11.8. The van der Waals surface area contributed by atoms with E-state index in [0.717, 1.165) is 28.1 Å². The molecule has 3 heterocycles. The first-order valence-electron chi connectivity index (χ1n) is 9.20. The van der Waals surface area contributed by atoms with Gasteiger partial charge in [0.15, 0.2) is 17.1 Å². The van der Waals surface area contributed by atoms with Crippen LogP contribution in [0.5, 0.6) is 0 Å². The van der Waals surface area contributed by atoms with E-state index in [1.165, 1.54) is 6.33 Å². The molecule has 0 bridgehead atoms. The number of nitrogens with zero attached hydrogens (tertiary/aromatic N) is 4. The Morgan fingerprint density at radius 2 is 1.55 bits per heavy atom. The van der Waals surface area contributed by atoms with Gasteiger partial charge in [0.1, 0.15) is 6.33 Å². The standard InChI is InChI=1S/C21H17N7O/c1-12(13-5-3-2-4-6-13)16-17(25-20-19(24-16)26-21(29)27-20)14-7-9-15(10-8-14)18-22-11-23-28-18/h2-12H,1H3,(H,22,23,28)(H2,24,25,26,27,29)/t12-/m1/s1. The van der Waals surface area contributed by atoms with Gasteiger partial charge in [0, 0.05) is 17.0 Å². The lowest BCUT2D eigenvalue weighted by molar-refractivity contribution is 0.871. The average molecular weight is 383 g/mol. The number of imidazole rings is 1. The van der Waals surface area contributed by atoms with E-state index in [4.69, 9.17) is 9.97 Å². The molecule has 0 radical (unpaired) electrons. The minimum absolute atomic E-state index is 0.00421. The fourth-order valence-electron chi connectivity index (χ4n) is 3.41. The first-order valence-corrected chi connectivity index (χ1v) is 9.20. The molecule has 0 saturated heterocycles. The fraction of sp³-hybridized carbons (Fsp3) is 0.0952. The van der Waals surface area contributed by atoms with Crippen molar-refractivity contribution in [2.75, 3.05) is 0 Å². The van der Waals surface area contributed by atoms with Gasteiger partial charge in [-0.1, -0.05) is 61.5 Å². The molecule has 0 aliphatic carbocycles. The van der Waals surface area contributed by atoms with E-state index >= 15 is 0 Å². The molecule has 5 rings (SSSR count). The number of aromatic amines is 3. The lowest BCUT2D eigenvalue weighted by Gasteiger charge is -2.15. The van der Waals surface area contributed by atoms with Crippen LogP contribution in [0.15, 0.2) is 65.7 Å². The smallest absolute Gasteiger partial charge is 0.289 e. The molecular weight excluding hydrogens is 366 g/mol. The van der Waals surface area contributed by atoms with Gasteiger partial charge in [-0.25, -0.2) is 19.7 Å². The van der Waals surface area contributed by atoms with Crippen LogP contribution in [-0.2, 0) is 0 Å². The highest BCUT2D eigenvalue weighted by molar-refractivity contribution is 5.74. The summed E-state index contributed by atoms with van der Waals surface area (Å²) in [7, 11) is 0. The molecule has 142 valence electrons. The molecule has 8 nitrogen and oxygen atoms in total. The summed E-state index contributed by atoms with van der Waals surface area (Å²) in [6.07, 6.45) is 1.48. The molecule has 2 aromatic carbocycles. The summed E-state index contributed by atoms with van der Waals surface area (Å²) in [5.41, 5.74) is 5.05. The Morgan fingerprint density at radius 1 is 0.862 bits per heavy atom. The molecule has 0 aliphatic rings. The molecule has 0 unspecified atom stereocenters. The summed E-state index contributed by atoms with van der Waals surface area (Å²) >= 11 is 0. The van der Waals surface area contributed by atoms with Crippen molar-refractivity contribution in [3.05, 3.63) is 82.7 Å². The SMILES string of the molecule is C[C@H](c1ccccc1)c1nc2[nH]c(=O)[nH]c2nc1-c1ccc(-c2ncn[nH]2)cc1. The van der Waals surface area contributed by atoms with E-state index in [-0.39, 0.29) is 11.6 Å². The Kier molecular flexibility index (Phi) is 4.02. The Hall–Kier alpha value is -4.07. The largest absolute Gasteiger partial charge is 0.326 e. The van der Waals surface area contributed by atoms with Crippen molar-refractivity contribution in [2.45, 2.75) is 12.8 Å². The van der Waals surface area contributed by atoms with Crippen LogP contribution in [0.4, 0.5) is 0 Å². The van der Waals surface area contributed by atoms with Crippen molar-refractivity contribution < 1.29 is 0 Å². The van der Waals surface area contributed by atoms with E-state index in [9.17, 15) is 4.79 Å². The van der Waals surface area contributed by atoms with Crippen molar-refractivity contribution in [1.29, 1.82) is 0 Å². The fourth-order valence-corrected chi connectivity index (χ4v) is 3.41. The highest BCUT2D eigenvalue weighted by Crippen LogP contribution is 2.32. The number of benzene rings is 2. The van der Waals surface area contributed by atoms with Crippen molar-refractivity contribution in [3.8, 4) is 22.6 Å². The second-order valence-electron chi connectivity index (χ2n) is 6.78. The van der Waals surface area contributed by atoms with Gasteiger partial charge < -0.3 is 0 Å². The lowest BCUT2D eigenvalue weighted by atomic mass is 9.93. The summed E-state index contributed by atoms with van der Waals surface area (Å²) in [6.45, 7) is 2.09. The molecule has 29 heavy (non-hydrogen) atoms. The van der Waals surface area contributed by atoms with Gasteiger partial charge in [0.2, 0.25) is 0 Å². The van der Waals surface area contributed by atoms with E-state index in [0.29, 0.717) is 17.1 Å². The highest BCUT2D eigenvalue weighted by atomic mass is 16.1. The molecule has 0 spiro atoms. The zero-order chi connectivity index (χ0) is 19.8. The lowest BCUT2D eigenvalue weighted by Crippen LogP contribution is -2.05. The Morgan fingerprint density at radius 3 is 2.24 bits per heavy atom. The van der Waals surface area contributed by atoms with Crippen molar-refractivity contribution >= 4 is 11.3 Å². The number of hydrogen-bond acceptors (Lipinski definition) is 5. The van der Waals surface area contributed by atoms with Gasteiger partial charge in [-0.2, -0.15) is 5.10 Å². The topological polar surface area (TPSA) is 116 Å². The minimum Gasteiger partial charge on any atom is -0.289 e. The molecule has 0 fully saturated rings. The minimum atomic E-state index is -0.323. The maximum Gasteiger partial charge on any atom is 0.326 e. The van der Waals surface area contributed by atoms with Crippen LogP contribution >= 0.6 is 0 Å². The quantitative estimate of drug-likeness (QED) is 0.440. The third-order valence-corrected chi connectivity index (χ3v) is 4.94. The maximum absolute atomic E-state index is 11.8. The number of hydrogen-bond donors (Lipinski definition) is 3. The van der Waals surface area contributed by atoms with Crippen LogP contribution in [0.2, 0.25) is 0 Å². The first-order chi connectivity index (χ1) is 14.2. The summed E-state index contributed by atoms with van der Waals surface area (Å²) in [5, 5.41) is 6.75. The van der Waals surface area contributed by atoms with Crippen molar-refractivity contribution in [2.24, 2.45) is 0 Å². The molecule has 3 N–H and O–H groups in total. The third-order valence-electron chi connectivity index (χ3n) is 4.94. The van der Waals surface area contributed by atoms with Crippen LogP contribution < -0.4 is 5.69 Å². The summed E-state index contributed by atoms with van der Waals surface area (Å²) in [4.78, 5) is 30.8. The van der Waals surface area contributed by atoms with Gasteiger partial charge in [-0.3, -0.25) is 15.1 Å². The monoisotopic (exact) mass is 383 g/mol. The van der Waals surface area contributed by atoms with Gasteiger partial charge >= 0.3 is 5.69 Å². The normalized spacial score (nSPS) is 12.3. The summed E-state index contributed by atoms with van der Waals surface area (Å²) < 4.78 is 0. The van der Waals surface area contributed by atoms with E-state index in [1.54, 1.807) is 0 Å². The van der Waals surface area contributed by atoms with Gasteiger partial charge in [0.25, 0.3) is 0 Å². The van der Waals surface area contributed by atoms with E-state index in [2.05, 4.69) is 44.2 Å². The zero-order valence-electron chi connectivity index (χ0n) is 15.5. The summed E-state index contributed by atoms with van der Waals surface area (Å²) in [5.74, 6) is 0.696. The van der Waals surface area contributed by atoms with E-state index in [1.807, 2.05) is 42.5 Å². The van der Waals surface area contributed by atoms with Gasteiger partial charge in [-0.15, -0.1) is 0 Å². The number of fused-ring (bicyclic) bond motifs is 1. The summed E-state index contributed by atoms with van der Waals surface area (Å²) in [6, 6.07) is 18.0. The first kappa shape index (κ1) is 17.1. The molecule has 8 heteroatoms. The van der Waals surface area contributed by atoms with Crippen LogP contribution in [0.3, 0.4) is 0 Å². The highest BCUT2D eigenvalue weighted by Gasteiger charge is 2.19. The molecule has 1 atom stereocenters. The predicted molar refractivity (Wildman–Crippen MR) is 109 cm³/mol. The van der Waals surface area contributed by atoms with Crippen LogP contribution in [0.25, 0.3) is 33.9 Å². The molecule has 0 aliphatic heterocycles. The second-order valence-corrected chi connectivity index (χ2v) is 6.78. The third kappa shape index (κ3) is 3.10. The van der Waals surface area contributed by atoms with Gasteiger partial charge in [-0.05, 0) is 5.56 Å². The molecule has 0 amide bonds. The van der Waals surface area contributed by atoms with Crippen LogP contribution in [-0.4, -0.2) is 35.1 Å². The molecular formula is C21H17N7O. The number of nitrogens with one attached hydrogen (secondary N) is 3. The van der Waals surface area contributed by atoms with Crippen molar-refractivity contribution in [3.63, 3.8) is 0 Å². The number of aromatic nitrogens is 7. The zero-order valence-corrected chi connectivity index (χ0v) is 15.5. The van der Waals surface area contributed by atoms with Crippen molar-refractivity contribution in [1.82, 2.24) is 35.1 Å². The Bertz CT molecular complexity index is 1320. The Labute approximate surface area is 165 Å². The average Bonchev–Trinajstić information content (AvgIpc) is 3.42. The van der Waals surface area contributed by atoms with E-state index < -0.39 is 0 Å². The molecule has 3 aromatic heterocycles. The van der Waals surface area contributed by atoms with Crippen LogP contribution in [0.1, 0.15) is 24.1 Å². The number of H-pyrrole nitrogens is 3. The van der Waals surface area contributed by atoms with Crippen LogP contribution in [0, 0.1) is 0 Å². The number of rotatable bonds is 4.